The summed E-state index contributed by atoms with van der Waals surface area (Å²) in [4.78, 5) is 41.0. The van der Waals surface area contributed by atoms with Gasteiger partial charge in [-0.3, -0.25) is 14.9 Å². The molecule has 1 heterocycles. The van der Waals surface area contributed by atoms with Gasteiger partial charge < -0.3 is 14.2 Å². The van der Waals surface area contributed by atoms with Crippen molar-refractivity contribution in [1.29, 1.82) is 0 Å². The fraction of sp³-hybridized carbons (Fsp3) is 0.0909. The number of ether oxygens (including phenoxy) is 3. The predicted molar refractivity (Wildman–Crippen MR) is 166 cm³/mol. The number of non-ortho nitro benzene ring substituents is 1. The van der Waals surface area contributed by atoms with Gasteiger partial charge in [-0.05, 0) is 90.9 Å². The van der Waals surface area contributed by atoms with Gasteiger partial charge in [0.15, 0.2) is 17.3 Å². The minimum atomic E-state index is -0.663. The average Bonchev–Trinajstić information content (AvgIpc) is 3.04. The summed E-state index contributed by atoms with van der Waals surface area (Å²) in [6.45, 7) is 2.10. The summed E-state index contributed by atoms with van der Waals surface area (Å²) >= 11 is 0. The number of carbonyl (C=O) groups is 1. The van der Waals surface area contributed by atoms with E-state index in [2.05, 4.69) is 5.10 Å². The Kier molecular flexibility index (Phi) is 8.85. The first-order chi connectivity index (χ1) is 21.4. The van der Waals surface area contributed by atoms with Crippen LogP contribution in [0.4, 0.5) is 5.69 Å². The van der Waals surface area contributed by atoms with Crippen molar-refractivity contribution < 1.29 is 23.9 Å². The molecule has 4 aromatic carbocycles. The lowest BCUT2D eigenvalue weighted by molar-refractivity contribution is -0.384. The van der Waals surface area contributed by atoms with Crippen LogP contribution in [-0.2, 0) is 4.79 Å². The van der Waals surface area contributed by atoms with Crippen LogP contribution in [0.3, 0.4) is 0 Å². The van der Waals surface area contributed by atoms with Crippen LogP contribution in [-0.4, -0.2) is 40.5 Å². The minimum Gasteiger partial charge on any atom is -0.497 e. The van der Waals surface area contributed by atoms with Crippen LogP contribution < -0.4 is 19.8 Å². The van der Waals surface area contributed by atoms with Gasteiger partial charge in [-0.2, -0.15) is 9.78 Å². The quantitative estimate of drug-likeness (QED) is 0.0491. The molecule has 0 bridgehead atoms. The van der Waals surface area contributed by atoms with E-state index < -0.39 is 10.9 Å². The van der Waals surface area contributed by atoms with E-state index in [1.54, 1.807) is 74.7 Å². The third-order valence-corrected chi connectivity index (χ3v) is 6.42. The van der Waals surface area contributed by atoms with E-state index in [-0.39, 0.29) is 17.0 Å². The molecule has 5 aromatic rings. The Balaban J connectivity index is 1.42. The molecule has 0 amide bonds. The highest BCUT2D eigenvalue weighted by molar-refractivity contribution is 5.89. The van der Waals surface area contributed by atoms with Crippen LogP contribution in [0, 0.1) is 10.1 Å². The molecule has 0 N–H and O–H groups in total. The second-order valence-corrected chi connectivity index (χ2v) is 9.28. The highest BCUT2D eigenvalue weighted by Gasteiger charge is 2.14. The van der Waals surface area contributed by atoms with Crippen LogP contribution in [0.15, 0.2) is 107 Å². The molecule has 0 atom stereocenters. The van der Waals surface area contributed by atoms with Crippen molar-refractivity contribution in [2.75, 3.05) is 13.7 Å². The first-order valence-electron chi connectivity index (χ1n) is 13.5. The molecule has 0 fully saturated rings. The van der Waals surface area contributed by atoms with Crippen LogP contribution in [0.25, 0.3) is 28.4 Å². The third kappa shape index (κ3) is 6.68. The molecule has 220 valence electrons. The molecule has 11 nitrogen and oxygen atoms in total. The number of aromatic nitrogens is 2. The molecule has 0 saturated heterocycles. The Bertz CT molecular complexity index is 1950. The van der Waals surface area contributed by atoms with E-state index in [0.29, 0.717) is 51.5 Å². The number of carbonyl (C=O) groups excluding carboxylic acids is 1. The van der Waals surface area contributed by atoms with Gasteiger partial charge in [0, 0.05) is 23.8 Å². The van der Waals surface area contributed by atoms with E-state index in [1.165, 1.54) is 47.3 Å². The van der Waals surface area contributed by atoms with E-state index >= 15 is 0 Å². The molecule has 5 rings (SSSR count). The zero-order chi connectivity index (χ0) is 31.1. The van der Waals surface area contributed by atoms with Gasteiger partial charge >= 0.3 is 5.97 Å². The number of benzene rings is 4. The summed E-state index contributed by atoms with van der Waals surface area (Å²) < 4.78 is 17.7. The maximum Gasteiger partial charge on any atom is 0.336 e. The zero-order valence-corrected chi connectivity index (χ0v) is 23.7. The highest BCUT2D eigenvalue weighted by Crippen LogP contribution is 2.29. The number of fused-ring (bicyclic) bond motifs is 1. The summed E-state index contributed by atoms with van der Waals surface area (Å²) in [5.74, 6) is 0.836. The number of hydrogen-bond acceptors (Lipinski definition) is 9. The Morgan fingerprint density at radius 2 is 1.70 bits per heavy atom. The second-order valence-electron chi connectivity index (χ2n) is 9.28. The molecule has 0 aliphatic heterocycles. The molecule has 0 spiro atoms. The van der Waals surface area contributed by atoms with Gasteiger partial charge in [-0.15, -0.1) is 0 Å². The van der Waals surface area contributed by atoms with Crippen molar-refractivity contribution >= 4 is 34.9 Å². The summed E-state index contributed by atoms with van der Waals surface area (Å²) in [5.41, 5.74) is 2.00. The highest BCUT2D eigenvalue weighted by atomic mass is 16.6. The van der Waals surface area contributed by atoms with E-state index in [0.717, 1.165) is 0 Å². The lowest BCUT2D eigenvalue weighted by Gasteiger charge is -2.11. The van der Waals surface area contributed by atoms with Crippen molar-refractivity contribution in [3.05, 3.63) is 129 Å². The van der Waals surface area contributed by atoms with Gasteiger partial charge in [-0.25, -0.2) is 9.78 Å². The largest absolute Gasteiger partial charge is 0.497 e. The van der Waals surface area contributed by atoms with Gasteiger partial charge in [0.1, 0.15) is 5.75 Å². The maximum absolute atomic E-state index is 13.5. The second kappa shape index (κ2) is 13.3. The zero-order valence-electron chi connectivity index (χ0n) is 23.7. The standard InChI is InChI=1S/C33H26N4O7/c1-3-43-30-20-23(10-18-29(30)44-31(38)19-11-22-8-14-25(15-9-22)37(40)41)21-34-36-32(24-12-16-26(42-2)17-13-24)35-28-7-5-4-6-27(28)33(36)39/h4-21H,3H2,1-2H3/b19-11+,34-21?. The number of nitro groups is 1. The first kappa shape index (κ1) is 29.4. The average molecular weight is 591 g/mol. The number of methoxy groups -OCH3 is 1. The molecule has 0 aliphatic carbocycles. The molecule has 0 aliphatic rings. The van der Waals surface area contributed by atoms with Gasteiger partial charge in [0.2, 0.25) is 0 Å². The van der Waals surface area contributed by atoms with Crippen LogP contribution >= 0.6 is 0 Å². The fourth-order valence-electron chi connectivity index (χ4n) is 4.25. The SMILES string of the molecule is CCOc1cc(C=Nn2c(-c3ccc(OC)cc3)nc3ccccc3c2=O)ccc1OC(=O)/C=C/c1ccc([N+](=O)[O-])cc1. The molecule has 0 saturated carbocycles. The number of hydrogen-bond donors (Lipinski definition) is 0. The molecule has 0 unspecified atom stereocenters. The first-order valence-corrected chi connectivity index (χ1v) is 13.5. The van der Waals surface area contributed by atoms with Gasteiger partial charge in [-0.1, -0.05) is 12.1 Å². The van der Waals surface area contributed by atoms with Gasteiger partial charge in [0.05, 0.1) is 35.8 Å². The molecule has 1 aromatic heterocycles. The smallest absolute Gasteiger partial charge is 0.336 e. The molecular weight excluding hydrogens is 564 g/mol. The van der Waals surface area contributed by atoms with Crippen molar-refractivity contribution in [3.63, 3.8) is 0 Å². The fourth-order valence-corrected chi connectivity index (χ4v) is 4.25. The Hall–Kier alpha value is -6.10. The Morgan fingerprint density at radius 1 is 0.977 bits per heavy atom. The lowest BCUT2D eigenvalue weighted by Crippen LogP contribution is -2.20. The molecule has 11 heteroatoms. The van der Waals surface area contributed by atoms with Crippen molar-refractivity contribution in [2.24, 2.45) is 5.10 Å². The predicted octanol–water partition coefficient (Wildman–Crippen LogP) is 5.88. The van der Waals surface area contributed by atoms with Crippen molar-refractivity contribution in [1.82, 2.24) is 9.66 Å². The monoisotopic (exact) mass is 590 g/mol. The minimum absolute atomic E-state index is 0.0478. The number of para-hydroxylation sites is 1. The van der Waals surface area contributed by atoms with Crippen LogP contribution in [0.2, 0.25) is 0 Å². The topological polar surface area (TPSA) is 135 Å². The van der Waals surface area contributed by atoms with E-state index in [4.69, 9.17) is 19.2 Å². The summed E-state index contributed by atoms with van der Waals surface area (Å²) in [6.07, 6.45) is 4.20. The van der Waals surface area contributed by atoms with E-state index in [1.807, 2.05) is 6.07 Å². The Morgan fingerprint density at radius 3 is 2.41 bits per heavy atom. The number of nitro benzene ring substituents is 1. The number of nitrogens with zero attached hydrogens (tertiary/aromatic N) is 4. The molecular formula is C33H26N4O7. The van der Waals surface area contributed by atoms with E-state index in [9.17, 15) is 19.7 Å². The third-order valence-electron chi connectivity index (χ3n) is 6.42. The lowest BCUT2D eigenvalue weighted by atomic mass is 10.2. The normalized spacial score (nSPS) is 11.2. The van der Waals surface area contributed by atoms with Crippen molar-refractivity contribution in [3.8, 4) is 28.6 Å². The summed E-state index contributed by atoms with van der Waals surface area (Å²) in [6, 6.07) is 24.8. The number of esters is 1. The maximum atomic E-state index is 13.5. The van der Waals surface area contributed by atoms with Crippen molar-refractivity contribution in [2.45, 2.75) is 6.92 Å². The molecule has 0 radical (unpaired) electrons. The Labute approximate surface area is 251 Å². The number of rotatable bonds is 10. The van der Waals surface area contributed by atoms with Crippen LogP contribution in [0.5, 0.6) is 17.2 Å². The molecule has 44 heavy (non-hydrogen) atoms. The summed E-state index contributed by atoms with van der Waals surface area (Å²) in [7, 11) is 1.57. The van der Waals surface area contributed by atoms with Gasteiger partial charge in [0.25, 0.3) is 11.2 Å². The summed E-state index contributed by atoms with van der Waals surface area (Å²) in [5, 5.41) is 15.7. The van der Waals surface area contributed by atoms with Crippen LogP contribution in [0.1, 0.15) is 18.1 Å².